The van der Waals surface area contributed by atoms with E-state index in [0.29, 0.717) is 6.54 Å². The summed E-state index contributed by atoms with van der Waals surface area (Å²) in [7, 11) is 0. The Balaban J connectivity index is 1.30. The maximum absolute atomic E-state index is 12.7. The summed E-state index contributed by atoms with van der Waals surface area (Å²) in [6.45, 7) is 2.40. The number of piperidine rings is 1. The second-order valence-corrected chi connectivity index (χ2v) is 8.08. The Kier molecular flexibility index (Phi) is 6.55. The average Bonchev–Trinajstić information content (AvgIpc) is 2.80. The van der Waals surface area contributed by atoms with E-state index in [-0.39, 0.29) is 11.8 Å². The van der Waals surface area contributed by atoms with Crippen LogP contribution >= 0.6 is 0 Å². The number of hydrogen-bond acceptors (Lipinski definition) is 4. The predicted molar refractivity (Wildman–Crippen MR) is 117 cm³/mol. The molecule has 1 aliphatic heterocycles. The van der Waals surface area contributed by atoms with Crippen LogP contribution in [0.15, 0.2) is 54.1 Å². The number of hydrogen-bond donors (Lipinski definition) is 1. The van der Waals surface area contributed by atoms with Gasteiger partial charge in [-0.1, -0.05) is 42.0 Å². The molecule has 0 radical (unpaired) electrons. The van der Waals surface area contributed by atoms with Crippen LogP contribution in [0, 0.1) is 5.92 Å². The van der Waals surface area contributed by atoms with Gasteiger partial charge >= 0.3 is 0 Å². The molecular weight excluding hydrogens is 360 g/mol. The van der Waals surface area contributed by atoms with Crippen molar-refractivity contribution in [3.8, 4) is 11.3 Å². The Morgan fingerprint density at radius 1 is 1.07 bits per heavy atom. The minimum absolute atomic E-state index is 0.0275. The number of aromatic nitrogens is 2. The number of carbonyl (C=O) groups excluding carboxylic acids is 1. The SMILES string of the molecule is O=C(NCCC1=CCCCC1)[C@H]1CCCN(c2ccc(-c3ccccc3)nn2)C1. The van der Waals surface area contributed by atoms with Gasteiger partial charge < -0.3 is 10.2 Å². The highest BCUT2D eigenvalue weighted by Gasteiger charge is 2.26. The van der Waals surface area contributed by atoms with E-state index in [1.807, 2.05) is 42.5 Å². The Hall–Kier alpha value is -2.69. The maximum atomic E-state index is 12.7. The summed E-state index contributed by atoms with van der Waals surface area (Å²) < 4.78 is 0. The molecule has 2 aromatic rings. The highest BCUT2D eigenvalue weighted by Crippen LogP contribution is 2.24. The lowest BCUT2D eigenvalue weighted by Gasteiger charge is -2.32. The number of carbonyl (C=O) groups is 1. The molecule has 1 fully saturated rings. The number of anilines is 1. The van der Waals surface area contributed by atoms with Crippen molar-refractivity contribution in [2.75, 3.05) is 24.5 Å². The van der Waals surface area contributed by atoms with E-state index < -0.39 is 0 Å². The summed E-state index contributed by atoms with van der Waals surface area (Å²) in [6, 6.07) is 14.1. The van der Waals surface area contributed by atoms with Crippen molar-refractivity contribution in [3.05, 3.63) is 54.1 Å². The van der Waals surface area contributed by atoms with Gasteiger partial charge in [-0.3, -0.25) is 4.79 Å². The molecule has 0 saturated carbocycles. The van der Waals surface area contributed by atoms with Gasteiger partial charge in [0.25, 0.3) is 0 Å². The molecule has 0 bridgehead atoms. The largest absolute Gasteiger partial charge is 0.355 e. The average molecular weight is 391 g/mol. The first kappa shape index (κ1) is 19.6. The van der Waals surface area contributed by atoms with Gasteiger partial charge in [0.15, 0.2) is 5.82 Å². The second-order valence-electron chi connectivity index (χ2n) is 8.08. The van der Waals surface area contributed by atoms with Gasteiger partial charge in [0.1, 0.15) is 0 Å². The molecule has 0 unspecified atom stereocenters. The van der Waals surface area contributed by atoms with Gasteiger partial charge in [0.05, 0.1) is 11.6 Å². The van der Waals surface area contributed by atoms with E-state index in [4.69, 9.17) is 0 Å². The van der Waals surface area contributed by atoms with Crippen LogP contribution in [0.1, 0.15) is 44.9 Å². The summed E-state index contributed by atoms with van der Waals surface area (Å²) in [5, 5.41) is 12.0. The maximum Gasteiger partial charge on any atom is 0.224 e. The highest BCUT2D eigenvalue weighted by molar-refractivity contribution is 5.79. The smallest absolute Gasteiger partial charge is 0.224 e. The van der Waals surface area contributed by atoms with Gasteiger partial charge in [-0.2, -0.15) is 0 Å². The third-order valence-corrected chi connectivity index (χ3v) is 5.97. The Morgan fingerprint density at radius 2 is 1.97 bits per heavy atom. The lowest BCUT2D eigenvalue weighted by atomic mass is 9.96. The topological polar surface area (TPSA) is 58.1 Å². The van der Waals surface area contributed by atoms with E-state index in [1.165, 1.54) is 31.3 Å². The third kappa shape index (κ3) is 5.22. The van der Waals surface area contributed by atoms with Gasteiger partial charge in [0.2, 0.25) is 5.91 Å². The van der Waals surface area contributed by atoms with Crippen molar-refractivity contribution in [1.82, 2.24) is 15.5 Å². The molecule has 5 nitrogen and oxygen atoms in total. The lowest BCUT2D eigenvalue weighted by Crippen LogP contribution is -2.43. The van der Waals surface area contributed by atoms with Crippen molar-refractivity contribution in [3.63, 3.8) is 0 Å². The zero-order chi connectivity index (χ0) is 19.9. The zero-order valence-corrected chi connectivity index (χ0v) is 17.0. The van der Waals surface area contributed by atoms with Crippen LogP contribution in [-0.2, 0) is 4.79 Å². The molecule has 0 spiro atoms. The Bertz CT molecular complexity index is 832. The molecule has 29 heavy (non-hydrogen) atoms. The van der Waals surface area contributed by atoms with Crippen molar-refractivity contribution in [2.45, 2.75) is 44.9 Å². The van der Waals surface area contributed by atoms with Gasteiger partial charge in [0, 0.05) is 25.2 Å². The van der Waals surface area contributed by atoms with Crippen molar-refractivity contribution >= 4 is 11.7 Å². The summed E-state index contributed by atoms with van der Waals surface area (Å²) in [5.41, 5.74) is 3.45. The van der Waals surface area contributed by atoms with Crippen molar-refractivity contribution in [2.24, 2.45) is 5.92 Å². The Morgan fingerprint density at radius 3 is 2.72 bits per heavy atom. The summed E-state index contributed by atoms with van der Waals surface area (Å²) in [5.74, 6) is 1.06. The number of benzene rings is 1. The van der Waals surface area contributed by atoms with E-state index in [2.05, 4.69) is 26.5 Å². The lowest BCUT2D eigenvalue weighted by molar-refractivity contribution is -0.125. The predicted octanol–water partition coefficient (Wildman–Crippen LogP) is 4.37. The first-order valence-corrected chi connectivity index (χ1v) is 10.9. The van der Waals surface area contributed by atoms with E-state index >= 15 is 0 Å². The second kappa shape index (κ2) is 9.68. The molecule has 2 aliphatic rings. The summed E-state index contributed by atoms with van der Waals surface area (Å²) >= 11 is 0. The fourth-order valence-corrected chi connectivity index (χ4v) is 4.28. The zero-order valence-electron chi connectivity index (χ0n) is 17.0. The molecule has 1 amide bonds. The molecular formula is C24H30N4O. The molecule has 1 atom stereocenters. The van der Waals surface area contributed by atoms with Crippen LogP contribution < -0.4 is 10.2 Å². The van der Waals surface area contributed by atoms with E-state index in [0.717, 1.165) is 49.4 Å². The fourth-order valence-electron chi connectivity index (χ4n) is 4.28. The quantitative estimate of drug-likeness (QED) is 0.744. The van der Waals surface area contributed by atoms with E-state index in [1.54, 1.807) is 0 Å². The molecule has 5 heteroatoms. The Labute approximate surface area is 173 Å². The first-order valence-electron chi connectivity index (χ1n) is 10.9. The monoisotopic (exact) mass is 390 g/mol. The third-order valence-electron chi connectivity index (χ3n) is 5.97. The van der Waals surface area contributed by atoms with Gasteiger partial charge in [-0.25, -0.2) is 0 Å². The van der Waals surface area contributed by atoms with Crippen molar-refractivity contribution in [1.29, 1.82) is 0 Å². The minimum atomic E-state index is 0.0275. The molecule has 1 aromatic carbocycles. The number of nitrogens with one attached hydrogen (secondary N) is 1. The summed E-state index contributed by atoms with van der Waals surface area (Å²) in [4.78, 5) is 14.9. The van der Waals surface area contributed by atoms with Gasteiger partial charge in [-0.15, -0.1) is 10.2 Å². The van der Waals surface area contributed by atoms with Crippen LogP contribution in [0.25, 0.3) is 11.3 Å². The van der Waals surface area contributed by atoms with E-state index in [9.17, 15) is 4.79 Å². The molecule has 1 aliphatic carbocycles. The van der Waals surface area contributed by atoms with Gasteiger partial charge in [-0.05, 0) is 57.1 Å². The molecule has 4 rings (SSSR count). The van der Waals surface area contributed by atoms with Crippen LogP contribution in [0.4, 0.5) is 5.82 Å². The highest BCUT2D eigenvalue weighted by atomic mass is 16.1. The fraction of sp³-hybridized carbons (Fsp3) is 0.458. The number of nitrogens with zero attached hydrogens (tertiary/aromatic N) is 3. The molecule has 1 N–H and O–H groups in total. The molecule has 152 valence electrons. The van der Waals surface area contributed by atoms with Crippen LogP contribution in [0.3, 0.4) is 0 Å². The molecule has 2 heterocycles. The van der Waals surface area contributed by atoms with Crippen molar-refractivity contribution < 1.29 is 4.79 Å². The van der Waals surface area contributed by atoms with Crippen LogP contribution in [0.2, 0.25) is 0 Å². The van der Waals surface area contributed by atoms with Crippen LogP contribution in [-0.4, -0.2) is 35.7 Å². The normalized spacial score (nSPS) is 19.5. The molecule has 1 aromatic heterocycles. The molecule has 1 saturated heterocycles. The summed E-state index contributed by atoms with van der Waals surface area (Å²) in [6.07, 6.45) is 10.3. The standard InChI is InChI=1S/C24H30N4O/c29-24(25-16-15-19-8-3-1-4-9-19)21-12-7-17-28(18-21)23-14-13-22(26-27-23)20-10-5-2-6-11-20/h2,5-6,8,10-11,13-14,21H,1,3-4,7,9,12,15-18H2,(H,25,29)/t21-/m0/s1. The number of rotatable bonds is 6. The number of allylic oxidation sites excluding steroid dienone is 1. The first-order chi connectivity index (χ1) is 14.3. The minimum Gasteiger partial charge on any atom is -0.355 e. The number of amides is 1. The van der Waals surface area contributed by atoms with Crippen LogP contribution in [0.5, 0.6) is 0 Å².